The number of carbonyl (C=O) groups is 4. The first-order chi connectivity index (χ1) is 14.1. The molecule has 3 amide bonds. The number of hydrogen-bond donors (Lipinski definition) is 2. The van der Waals surface area contributed by atoms with Gasteiger partial charge in [0.05, 0.1) is 24.1 Å². The number of carbonyl (C=O) groups excluding carboxylic acids is 4. The molecule has 2 rings (SSSR count). The summed E-state index contributed by atoms with van der Waals surface area (Å²) in [6.45, 7) is 5.09. The lowest BCUT2D eigenvalue weighted by atomic mass is 10.1. The Hall–Kier alpha value is -3.69. The summed E-state index contributed by atoms with van der Waals surface area (Å²) < 4.78 is 11.4. The summed E-state index contributed by atoms with van der Waals surface area (Å²) in [6, 6.07) is 5.44. The Bertz CT molecular complexity index is 964. The van der Waals surface area contributed by atoms with E-state index in [9.17, 15) is 19.2 Å². The van der Waals surface area contributed by atoms with Crippen LogP contribution in [0.15, 0.2) is 24.3 Å². The van der Waals surface area contributed by atoms with Gasteiger partial charge in [-0.2, -0.15) is 5.10 Å². The number of rotatable bonds is 7. The summed E-state index contributed by atoms with van der Waals surface area (Å²) in [5.41, 5.74) is 8.45. The van der Waals surface area contributed by atoms with Crippen molar-refractivity contribution in [2.24, 2.45) is 5.73 Å². The summed E-state index contributed by atoms with van der Waals surface area (Å²) in [6.07, 6.45) is -0.408. The molecule has 1 heterocycles. The molecule has 3 N–H and O–H groups in total. The maximum atomic E-state index is 12.2. The Morgan fingerprint density at radius 3 is 2.37 bits per heavy atom. The number of hydrogen-bond acceptors (Lipinski definition) is 7. The molecule has 10 nitrogen and oxygen atoms in total. The number of primary amides is 1. The number of nitrogens with two attached hydrogens (primary N) is 1. The van der Waals surface area contributed by atoms with Gasteiger partial charge < -0.3 is 15.2 Å². The predicted octanol–water partition coefficient (Wildman–Crippen LogP) is 1.33. The zero-order valence-corrected chi connectivity index (χ0v) is 17.2. The topological polar surface area (TPSA) is 143 Å². The molecule has 10 heteroatoms. The van der Waals surface area contributed by atoms with Gasteiger partial charge in [-0.3, -0.25) is 14.9 Å². The minimum absolute atomic E-state index is 0.227. The summed E-state index contributed by atoms with van der Waals surface area (Å²) >= 11 is 0. The molecule has 0 saturated carbocycles. The molecule has 0 radical (unpaired) electrons. The van der Waals surface area contributed by atoms with Crippen molar-refractivity contribution in [1.29, 1.82) is 0 Å². The number of amides is 3. The SMILES string of the molecule is COC(=O)CCc1c(C)nn(-c2ccc(C(=O)OC(C)C(=O)NC(N)=O)cc2)c1C. The van der Waals surface area contributed by atoms with Gasteiger partial charge in [0, 0.05) is 12.1 Å². The average molecular weight is 416 g/mol. The highest BCUT2D eigenvalue weighted by Gasteiger charge is 2.20. The lowest BCUT2D eigenvalue weighted by Gasteiger charge is -2.12. The molecule has 160 valence electrons. The van der Waals surface area contributed by atoms with Crippen molar-refractivity contribution in [3.63, 3.8) is 0 Å². The van der Waals surface area contributed by atoms with Crippen LogP contribution in [0.5, 0.6) is 0 Å². The van der Waals surface area contributed by atoms with E-state index in [-0.39, 0.29) is 18.0 Å². The van der Waals surface area contributed by atoms with Crippen molar-refractivity contribution in [2.75, 3.05) is 7.11 Å². The fourth-order valence-electron chi connectivity index (χ4n) is 2.86. The van der Waals surface area contributed by atoms with Crippen LogP contribution in [0.25, 0.3) is 5.69 Å². The fraction of sp³-hybridized carbons (Fsp3) is 0.350. The van der Waals surface area contributed by atoms with Gasteiger partial charge in [0.15, 0.2) is 6.10 Å². The quantitative estimate of drug-likeness (QED) is 0.648. The molecule has 30 heavy (non-hydrogen) atoms. The molecule has 0 aliphatic heterocycles. The molecule has 0 aliphatic carbocycles. The maximum absolute atomic E-state index is 12.2. The Morgan fingerprint density at radius 2 is 1.80 bits per heavy atom. The second-order valence-corrected chi connectivity index (χ2v) is 6.59. The van der Waals surface area contributed by atoms with E-state index in [2.05, 4.69) is 9.84 Å². The van der Waals surface area contributed by atoms with E-state index in [0.29, 0.717) is 6.42 Å². The third-order valence-corrected chi connectivity index (χ3v) is 4.49. The van der Waals surface area contributed by atoms with E-state index in [1.807, 2.05) is 19.2 Å². The minimum atomic E-state index is -1.18. The van der Waals surface area contributed by atoms with Crippen molar-refractivity contribution in [2.45, 2.75) is 39.7 Å². The van der Waals surface area contributed by atoms with Crippen LogP contribution in [0.2, 0.25) is 0 Å². The molecule has 0 bridgehead atoms. The number of methoxy groups -OCH3 is 1. The Kier molecular flexibility index (Phi) is 7.29. The molecule has 2 aromatic rings. The molecule has 0 fully saturated rings. The summed E-state index contributed by atoms with van der Waals surface area (Å²) in [5, 5.41) is 6.36. The normalized spacial score (nSPS) is 11.5. The first kappa shape index (κ1) is 22.6. The highest BCUT2D eigenvalue weighted by molar-refractivity contribution is 5.98. The standard InChI is InChI=1S/C20H24N4O6/c1-11-16(9-10-17(25)29-4)12(2)24(23-11)15-7-5-14(6-8-15)19(27)30-13(3)18(26)22-20(21)28/h5-8,13H,9-10H2,1-4H3,(H3,21,22,26,28). The molecule has 1 aromatic carbocycles. The number of aryl methyl sites for hydroxylation is 1. The second kappa shape index (κ2) is 9.68. The van der Waals surface area contributed by atoms with E-state index in [1.54, 1.807) is 28.9 Å². The van der Waals surface area contributed by atoms with Crippen molar-refractivity contribution < 1.29 is 28.7 Å². The summed E-state index contributed by atoms with van der Waals surface area (Å²) in [7, 11) is 1.35. The molecule has 0 saturated heterocycles. The first-order valence-corrected chi connectivity index (χ1v) is 9.17. The van der Waals surface area contributed by atoms with E-state index < -0.39 is 24.0 Å². The van der Waals surface area contributed by atoms with Gasteiger partial charge in [0.2, 0.25) is 0 Å². The van der Waals surface area contributed by atoms with Gasteiger partial charge in [0.25, 0.3) is 5.91 Å². The third-order valence-electron chi connectivity index (χ3n) is 4.49. The number of esters is 2. The molecular weight excluding hydrogens is 392 g/mol. The third kappa shape index (κ3) is 5.43. The van der Waals surface area contributed by atoms with Crippen molar-refractivity contribution in [3.05, 3.63) is 46.8 Å². The van der Waals surface area contributed by atoms with Crippen LogP contribution in [0.3, 0.4) is 0 Å². The van der Waals surface area contributed by atoms with Crippen LogP contribution in [-0.2, 0) is 25.5 Å². The predicted molar refractivity (Wildman–Crippen MR) is 106 cm³/mol. The van der Waals surface area contributed by atoms with E-state index >= 15 is 0 Å². The number of nitrogens with zero attached hydrogens (tertiary/aromatic N) is 2. The molecule has 1 aromatic heterocycles. The molecule has 1 atom stereocenters. The maximum Gasteiger partial charge on any atom is 0.338 e. The second-order valence-electron chi connectivity index (χ2n) is 6.59. The van der Waals surface area contributed by atoms with E-state index in [1.165, 1.54) is 14.0 Å². The van der Waals surface area contributed by atoms with Gasteiger partial charge in [0.1, 0.15) is 0 Å². The number of nitrogens with one attached hydrogen (secondary N) is 1. The minimum Gasteiger partial charge on any atom is -0.469 e. The van der Waals surface area contributed by atoms with Crippen LogP contribution >= 0.6 is 0 Å². The number of imide groups is 1. The molecule has 0 aliphatic rings. The van der Waals surface area contributed by atoms with Crippen LogP contribution in [0, 0.1) is 13.8 Å². The van der Waals surface area contributed by atoms with E-state index in [0.717, 1.165) is 22.6 Å². The number of benzene rings is 1. The van der Waals surface area contributed by atoms with Gasteiger partial charge in [-0.15, -0.1) is 0 Å². The first-order valence-electron chi connectivity index (χ1n) is 9.17. The summed E-state index contributed by atoms with van der Waals surface area (Å²) in [4.78, 5) is 45.9. The Labute approximate surface area is 173 Å². The highest BCUT2D eigenvalue weighted by Crippen LogP contribution is 2.20. The molecule has 0 spiro atoms. The summed E-state index contributed by atoms with van der Waals surface area (Å²) in [5.74, 6) is -1.82. The highest BCUT2D eigenvalue weighted by atomic mass is 16.5. The van der Waals surface area contributed by atoms with Crippen LogP contribution in [0.1, 0.15) is 40.7 Å². The van der Waals surface area contributed by atoms with Gasteiger partial charge in [-0.1, -0.05) is 0 Å². The van der Waals surface area contributed by atoms with Gasteiger partial charge in [-0.05, 0) is 57.0 Å². The lowest BCUT2D eigenvalue weighted by molar-refractivity contribution is -0.140. The Morgan fingerprint density at radius 1 is 1.17 bits per heavy atom. The molecule has 1 unspecified atom stereocenters. The van der Waals surface area contributed by atoms with Gasteiger partial charge >= 0.3 is 18.0 Å². The number of urea groups is 1. The molecular formula is C20H24N4O6. The Balaban J connectivity index is 2.12. The van der Waals surface area contributed by atoms with Crippen molar-refractivity contribution in [1.82, 2.24) is 15.1 Å². The van der Waals surface area contributed by atoms with Gasteiger partial charge in [-0.25, -0.2) is 14.3 Å². The zero-order chi connectivity index (χ0) is 22.4. The van der Waals surface area contributed by atoms with Crippen LogP contribution in [-0.4, -0.2) is 46.9 Å². The fourth-order valence-corrected chi connectivity index (χ4v) is 2.86. The van der Waals surface area contributed by atoms with E-state index in [4.69, 9.17) is 10.5 Å². The van der Waals surface area contributed by atoms with Crippen LogP contribution in [0.4, 0.5) is 4.79 Å². The number of ether oxygens (including phenoxy) is 2. The average Bonchev–Trinajstić information content (AvgIpc) is 2.99. The zero-order valence-electron chi connectivity index (χ0n) is 17.2. The number of aromatic nitrogens is 2. The lowest BCUT2D eigenvalue weighted by Crippen LogP contribution is -2.42. The van der Waals surface area contributed by atoms with Crippen molar-refractivity contribution >= 4 is 23.9 Å². The van der Waals surface area contributed by atoms with Crippen LogP contribution < -0.4 is 11.1 Å². The largest absolute Gasteiger partial charge is 0.469 e. The van der Waals surface area contributed by atoms with Crippen molar-refractivity contribution in [3.8, 4) is 5.69 Å². The monoisotopic (exact) mass is 416 g/mol. The smallest absolute Gasteiger partial charge is 0.338 e.